The Hall–Kier alpha value is -2.01. The topological polar surface area (TPSA) is 90.9 Å². The Morgan fingerprint density at radius 1 is 1.10 bits per heavy atom. The van der Waals surface area contributed by atoms with Crippen LogP contribution in [-0.2, 0) is 0 Å². The van der Waals surface area contributed by atoms with Gasteiger partial charge in [-0.15, -0.1) is 0 Å². The van der Waals surface area contributed by atoms with Crippen molar-refractivity contribution < 1.29 is 19.7 Å². The maximum Gasteiger partial charge on any atom is 0.339 e. The van der Waals surface area contributed by atoms with E-state index in [1.165, 1.54) is 0 Å². The van der Waals surface area contributed by atoms with Gasteiger partial charge < -0.3 is 19.7 Å². The van der Waals surface area contributed by atoms with Gasteiger partial charge in [-0.2, -0.15) is 0 Å². The van der Waals surface area contributed by atoms with Crippen molar-refractivity contribution in [3.05, 3.63) is 32.7 Å². The van der Waals surface area contributed by atoms with Crippen molar-refractivity contribution in [1.82, 2.24) is 0 Å². The maximum atomic E-state index is 11.9. The van der Waals surface area contributed by atoms with E-state index in [-0.39, 0.29) is 23.0 Å². The predicted octanol–water partition coefficient (Wildman–Crippen LogP) is 2.36. The lowest BCUT2D eigenvalue weighted by atomic mass is 9.79. The summed E-state index contributed by atoms with van der Waals surface area (Å²) in [5.41, 5.74) is 1.41. The van der Waals surface area contributed by atoms with Crippen molar-refractivity contribution in [1.29, 1.82) is 0 Å². The van der Waals surface area contributed by atoms with Crippen molar-refractivity contribution in [2.45, 2.75) is 39.2 Å². The Morgan fingerprint density at radius 3 is 2.40 bits per heavy atom. The predicted molar refractivity (Wildman–Crippen MR) is 73.3 cm³/mol. The van der Waals surface area contributed by atoms with Crippen LogP contribution < -0.4 is 5.63 Å². The van der Waals surface area contributed by atoms with Gasteiger partial charge in [0, 0.05) is 27.6 Å². The van der Waals surface area contributed by atoms with Crippen LogP contribution >= 0.6 is 0 Å². The summed E-state index contributed by atoms with van der Waals surface area (Å²) in [7, 11) is 0. The first-order valence-corrected chi connectivity index (χ1v) is 6.54. The summed E-state index contributed by atoms with van der Waals surface area (Å²) in [5, 5.41) is 31.0. The van der Waals surface area contributed by atoms with Gasteiger partial charge in [0.25, 0.3) is 0 Å². The van der Waals surface area contributed by atoms with Gasteiger partial charge in [-0.1, -0.05) is 6.92 Å². The molecule has 5 nitrogen and oxygen atoms in total. The van der Waals surface area contributed by atoms with Gasteiger partial charge in [-0.05, 0) is 26.2 Å². The van der Waals surface area contributed by atoms with Crippen molar-refractivity contribution in [3.63, 3.8) is 0 Å². The molecule has 0 unspecified atom stereocenters. The second kappa shape index (κ2) is 3.99. The summed E-state index contributed by atoms with van der Waals surface area (Å²) in [6.45, 7) is 5.03. The molecular formula is C15H16O5. The molecule has 0 aliphatic heterocycles. The summed E-state index contributed by atoms with van der Waals surface area (Å²) >= 11 is 0. The second-order valence-electron chi connectivity index (χ2n) is 5.52. The number of hydrogen-bond acceptors (Lipinski definition) is 5. The molecule has 0 fully saturated rings. The van der Waals surface area contributed by atoms with E-state index >= 15 is 0 Å². The number of aromatic hydroxyl groups is 2. The van der Waals surface area contributed by atoms with Gasteiger partial charge >= 0.3 is 5.63 Å². The molecule has 5 heteroatoms. The van der Waals surface area contributed by atoms with Crippen LogP contribution in [0, 0.1) is 13.8 Å². The molecule has 0 radical (unpaired) electrons. The number of aliphatic hydroxyl groups is 1. The van der Waals surface area contributed by atoms with Gasteiger partial charge in [-0.25, -0.2) is 4.79 Å². The zero-order valence-corrected chi connectivity index (χ0v) is 11.5. The first-order chi connectivity index (χ1) is 9.34. The third-order valence-corrected chi connectivity index (χ3v) is 4.25. The van der Waals surface area contributed by atoms with Crippen LogP contribution in [0.15, 0.2) is 9.21 Å². The number of aryl methyl sites for hydroxylation is 1. The van der Waals surface area contributed by atoms with Gasteiger partial charge in [0.2, 0.25) is 0 Å². The molecule has 2 atom stereocenters. The number of phenols is 2. The smallest absolute Gasteiger partial charge is 0.339 e. The minimum atomic E-state index is -0.771. The lowest BCUT2D eigenvalue weighted by molar-refractivity contribution is 0.155. The fraction of sp³-hybridized carbons (Fsp3) is 0.400. The van der Waals surface area contributed by atoms with Gasteiger partial charge in [0.15, 0.2) is 11.5 Å². The molecule has 0 amide bonds. The van der Waals surface area contributed by atoms with E-state index in [1.54, 1.807) is 13.8 Å². The van der Waals surface area contributed by atoms with E-state index in [0.29, 0.717) is 34.1 Å². The standard InChI is InChI=1S/C15H16O5/c1-5-4-8(16)10-6(2)15(19)20-14-7(3)12(17)13(18)9(5)11(10)14/h5,8,16-18H,4H2,1-3H3/t5-,8+/m1/s1. The van der Waals surface area contributed by atoms with Crippen LogP contribution in [0.5, 0.6) is 11.5 Å². The average Bonchev–Trinajstić information content (AvgIpc) is 2.38. The van der Waals surface area contributed by atoms with E-state index in [1.807, 2.05) is 6.92 Å². The van der Waals surface area contributed by atoms with Gasteiger partial charge in [0.05, 0.1) is 6.10 Å². The van der Waals surface area contributed by atoms with Crippen molar-refractivity contribution >= 4 is 11.0 Å². The maximum absolute atomic E-state index is 11.9. The summed E-state index contributed by atoms with van der Waals surface area (Å²) in [5.74, 6) is -0.601. The number of hydrogen-bond donors (Lipinski definition) is 3. The number of phenolic OH excluding ortho intramolecular Hbond substituents is 2. The third-order valence-electron chi connectivity index (χ3n) is 4.25. The first kappa shape index (κ1) is 13.0. The van der Waals surface area contributed by atoms with E-state index in [0.717, 1.165) is 0 Å². The number of benzene rings is 1. The molecule has 1 heterocycles. The minimum absolute atomic E-state index is 0.140. The highest BCUT2D eigenvalue weighted by molar-refractivity contribution is 5.93. The van der Waals surface area contributed by atoms with E-state index in [9.17, 15) is 20.1 Å². The molecule has 3 rings (SSSR count). The summed E-state index contributed by atoms with van der Waals surface area (Å²) in [4.78, 5) is 11.9. The van der Waals surface area contributed by atoms with Crippen LogP contribution in [0.3, 0.4) is 0 Å². The Balaban J connectivity index is 2.66. The monoisotopic (exact) mass is 276 g/mol. The molecule has 0 saturated heterocycles. The molecule has 0 spiro atoms. The molecule has 0 bridgehead atoms. The highest BCUT2D eigenvalue weighted by atomic mass is 16.4. The van der Waals surface area contributed by atoms with Crippen molar-refractivity contribution in [3.8, 4) is 11.5 Å². The summed E-state index contributed by atoms with van der Waals surface area (Å²) in [6, 6.07) is 0. The third kappa shape index (κ3) is 1.44. The minimum Gasteiger partial charge on any atom is -0.504 e. The second-order valence-corrected chi connectivity index (χ2v) is 5.52. The fourth-order valence-electron chi connectivity index (χ4n) is 3.17. The lowest BCUT2D eigenvalue weighted by Gasteiger charge is -2.29. The normalized spacial score (nSPS) is 21.4. The summed E-state index contributed by atoms with van der Waals surface area (Å²) in [6.07, 6.45) is -0.380. The van der Waals surface area contributed by atoms with Gasteiger partial charge in [-0.3, -0.25) is 0 Å². The molecule has 1 aromatic heterocycles. The highest BCUT2D eigenvalue weighted by Crippen LogP contribution is 2.50. The van der Waals surface area contributed by atoms with E-state index in [4.69, 9.17) is 4.42 Å². The zero-order valence-electron chi connectivity index (χ0n) is 11.5. The van der Waals surface area contributed by atoms with Crippen LogP contribution in [0.1, 0.15) is 47.6 Å². The molecule has 3 N–H and O–H groups in total. The number of aliphatic hydroxyl groups excluding tert-OH is 1. The average molecular weight is 276 g/mol. The van der Waals surface area contributed by atoms with Crippen LogP contribution in [0.25, 0.3) is 11.0 Å². The molecular weight excluding hydrogens is 260 g/mol. The van der Waals surface area contributed by atoms with Crippen LogP contribution in [-0.4, -0.2) is 15.3 Å². The van der Waals surface area contributed by atoms with Crippen molar-refractivity contribution in [2.24, 2.45) is 0 Å². The first-order valence-electron chi connectivity index (χ1n) is 6.54. The Labute approximate surface area is 115 Å². The van der Waals surface area contributed by atoms with Crippen LogP contribution in [0.4, 0.5) is 0 Å². The molecule has 1 aliphatic rings. The SMILES string of the molecule is Cc1c2c3c(c(O)c(O)c(C)c3oc1=O)[C@H](C)C[C@@H]2O. The van der Waals surface area contributed by atoms with Crippen LogP contribution in [0.2, 0.25) is 0 Å². The molecule has 0 saturated carbocycles. The largest absolute Gasteiger partial charge is 0.504 e. The van der Waals surface area contributed by atoms with Crippen molar-refractivity contribution in [2.75, 3.05) is 0 Å². The highest BCUT2D eigenvalue weighted by Gasteiger charge is 2.33. The number of rotatable bonds is 0. The van der Waals surface area contributed by atoms with E-state index < -0.39 is 11.7 Å². The molecule has 106 valence electrons. The van der Waals surface area contributed by atoms with Gasteiger partial charge in [0.1, 0.15) is 5.58 Å². The Morgan fingerprint density at radius 2 is 1.75 bits per heavy atom. The Kier molecular flexibility index (Phi) is 2.59. The molecule has 20 heavy (non-hydrogen) atoms. The lowest BCUT2D eigenvalue weighted by Crippen LogP contribution is -2.18. The molecule has 1 aliphatic carbocycles. The molecule has 2 aromatic rings. The Bertz CT molecular complexity index is 787. The summed E-state index contributed by atoms with van der Waals surface area (Å²) < 4.78 is 5.28. The molecule has 1 aromatic carbocycles. The zero-order chi connectivity index (χ0) is 14.8. The quantitative estimate of drug-likeness (QED) is 0.507. The van der Waals surface area contributed by atoms with E-state index in [2.05, 4.69) is 0 Å². The fourth-order valence-corrected chi connectivity index (χ4v) is 3.17.